The van der Waals surface area contributed by atoms with Gasteiger partial charge in [0.25, 0.3) is 0 Å². The Morgan fingerprint density at radius 3 is 2.16 bits per heavy atom. The highest BCUT2D eigenvalue weighted by molar-refractivity contribution is 6.03. The van der Waals surface area contributed by atoms with Crippen molar-refractivity contribution in [1.29, 1.82) is 0 Å². The maximum Gasteiger partial charge on any atom is 0.313 e. The zero-order chi connectivity index (χ0) is 21.5. The van der Waals surface area contributed by atoms with Crippen molar-refractivity contribution in [1.82, 2.24) is 0 Å². The second kappa shape index (κ2) is 7.99. The molecule has 0 unspecified atom stereocenters. The zero-order valence-corrected chi connectivity index (χ0v) is 18.1. The molecular weight excluding hydrogens is 386 g/mol. The van der Waals surface area contributed by atoms with Crippen LogP contribution in [0.3, 0.4) is 0 Å². The van der Waals surface area contributed by atoms with Crippen LogP contribution in [-0.2, 0) is 14.3 Å². The molecule has 0 spiro atoms. The van der Waals surface area contributed by atoms with Crippen LogP contribution in [0.1, 0.15) is 33.1 Å². The minimum Gasteiger partial charge on any atom is -0.462 e. The standard InChI is InChI=1S/C27H29NO3/c1-17-13-14-22-19(15-17)16-23-24(18(2)31-27(23)30)25(22)26(29)28(20-9-5-3-6-10-20)21-11-7-4-8-12-21/h3-12,16-18,22-25H,13-15H2,1-2H3/t17-,18+,22+,23+,24+,25-/m0/s1. The molecule has 3 aliphatic rings. The summed E-state index contributed by atoms with van der Waals surface area (Å²) in [5.41, 5.74) is 2.99. The van der Waals surface area contributed by atoms with Crippen molar-refractivity contribution in [2.75, 3.05) is 4.90 Å². The fraction of sp³-hybridized carbons (Fsp3) is 0.407. The van der Waals surface area contributed by atoms with Crippen LogP contribution < -0.4 is 4.90 Å². The normalized spacial score (nSPS) is 31.8. The van der Waals surface area contributed by atoms with Crippen LogP contribution in [0.25, 0.3) is 0 Å². The Labute approximate surface area is 183 Å². The smallest absolute Gasteiger partial charge is 0.313 e. The molecule has 4 nitrogen and oxygen atoms in total. The van der Waals surface area contributed by atoms with Crippen molar-refractivity contribution < 1.29 is 14.3 Å². The van der Waals surface area contributed by atoms with E-state index in [9.17, 15) is 9.59 Å². The van der Waals surface area contributed by atoms with Crippen molar-refractivity contribution >= 4 is 23.3 Å². The number of allylic oxidation sites excluding steroid dienone is 1. The molecular formula is C27H29NO3. The number of ether oxygens (including phenoxy) is 1. The monoisotopic (exact) mass is 415 g/mol. The van der Waals surface area contributed by atoms with E-state index in [1.54, 1.807) is 0 Å². The van der Waals surface area contributed by atoms with Gasteiger partial charge in [-0.25, -0.2) is 0 Å². The van der Waals surface area contributed by atoms with E-state index in [2.05, 4.69) is 13.0 Å². The molecule has 4 heteroatoms. The molecule has 0 aromatic heterocycles. The van der Waals surface area contributed by atoms with E-state index in [0.29, 0.717) is 5.92 Å². The van der Waals surface area contributed by atoms with Crippen LogP contribution in [0.5, 0.6) is 0 Å². The predicted octanol–water partition coefficient (Wildman–Crippen LogP) is 5.52. The van der Waals surface area contributed by atoms with Crippen molar-refractivity contribution in [2.45, 2.75) is 39.2 Å². The molecule has 1 saturated carbocycles. The highest BCUT2D eigenvalue weighted by Crippen LogP contribution is 2.52. The lowest BCUT2D eigenvalue weighted by Crippen LogP contribution is -2.47. The second-order valence-corrected chi connectivity index (χ2v) is 9.35. The van der Waals surface area contributed by atoms with Gasteiger partial charge in [-0.3, -0.25) is 14.5 Å². The maximum atomic E-state index is 14.4. The molecule has 1 heterocycles. The Morgan fingerprint density at radius 2 is 1.55 bits per heavy atom. The number of hydrogen-bond donors (Lipinski definition) is 0. The molecule has 160 valence electrons. The summed E-state index contributed by atoms with van der Waals surface area (Å²) in [6.45, 7) is 4.21. The van der Waals surface area contributed by atoms with Gasteiger partial charge >= 0.3 is 5.97 Å². The molecule has 6 atom stereocenters. The summed E-state index contributed by atoms with van der Waals surface area (Å²) >= 11 is 0. The quantitative estimate of drug-likeness (QED) is 0.490. The molecule has 2 aromatic rings. The number of para-hydroxylation sites is 2. The average Bonchev–Trinajstić information content (AvgIpc) is 3.06. The van der Waals surface area contributed by atoms with Crippen LogP contribution in [-0.4, -0.2) is 18.0 Å². The van der Waals surface area contributed by atoms with E-state index in [1.807, 2.05) is 72.5 Å². The van der Waals surface area contributed by atoms with Crippen molar-refractivity contribution in [3.05, 3.63) is 72.3 Å². The first-order valence-corrected chi connectivity index (χ1v) is 11.4. The number of esters is 1. The SMILES string of the molecule is C[C@H]1CC[C@@H]2C(=C[C@H]3C(=O)O[C@H](C)[C@H]3[C@H]2C(=O)N(c2ccccc2)c2ccccc2)C1. The molecule has 0 radical (unpaired) electrons. The first kappa shape index (κ1) is 20.0. The number of amides is 1. The highest BCUT2D eigenvalue weighted by atomic mass is 16.6. The molecule has 5 rings (SSSR count). The van der Waals surface area contributed by atoms with Gasteiger partial charge in [-0.05, 0) is 62.3 Å². The lowest BCUT2D eigenvalue weighted by atomic mass is 9.61. The fourth-order valence-corrected chi connectivity index (χ4v) is 5.93. The Morgan fingerprint density at radius 1 is 0.935 bits per heavy atom. The zero-order valence-electron chi connectivity index (χ0n) is 18.1. The minimum absolute atomic E-state index is 0.0719. The predicted molar refractivity (Wildman–Crippen MR) is 121 cm³/mol. The third kappa shape index (κ3) is 3.48. The number of nitrogens with zero attached hydrogens (tertiary/aromatic N) is 1. The lowest BCUT2D eigenvalue weighted by Gasteiger charge is -2.44. The van der Waals surface area contributed by atoms with Crippen LogP contribution >= 0.6 is 0 Å². The van der Waals surface area contributed by atoms with Gasteiger partial charge in [0, 0.05) is 17.3 Å². The van der Waals surface area contributed by atoms with E-state index in [0.717, 1.165) is 30.6 Å². The second-order valence-electron chi connectivity index (χ2n) is 9.35. The third-order valence-electron chi connectivity index (χ3n) is 7.34. The number of rotatable bonds is 3. The molecule has 0 N–H and O–H groups in total. The van der Waals surface area contributed by atoms with E-state index < -0.39 is 0 Å². The number of carbonyl (C=O) groups is 2. The van der Waals surface area contributed by atoms with Gasteiger partial charge < -0.3 is 4.74 Å². The molecule has 1 saturated heterocycles. The van der Waals surface area contributed by atoms with Crippen molar-refractivity contribution in [3.63, 3.8) is 0 Å². The number of carbonyl (C=O) groups excluding carboxylic acids is 2. The average molecular weight is 416 g/mol. The van der Waals surface area contributed by atoms with Crippen LogP contribution in [0, 0.1) is 29.6 Å². The molecule has 1 aliphatic heterocycles. The van der Waals surface area contributed by atoms with Crippen LogP contribution in [0.2, 0.25) is 0 Å². The molecule has 2 fully saturated rings. The van der Waals surface area contributed by atoms with Gasteiger partial charge in [0.1, 0.15) is 6.10 Å². The van der Waals surface area contributed by atoms with E-state index in [1.165, 1.54) is 5.57 Å². The van der Waals surface area contributed by atoms with E-state index >= 15 is 0 Å². The molecule has 31 heavy (non-hydrogen) atoms. The van der Waals surface area contributed by atoms with E-state index in [4.69, 9.17) is 4.74 Å². The summed E-state index contributed by atoms with van der Waals surface area (Å²) in [4.78, 5) is 28.9. The first-order valence-electron chi connectivity index (χ1n) is 11.4. The van der Waals surface area contributed by atoms with Gasteiger partial charge in [0.2, 0.25) is 5.91 Å². The molecule has 2 aromatic carbocycles. The summed E-state index contributed by atoms with van der Waals surface area (Å²) in [6.07, 6.45) is 4.97. The van der Waals surface area contributed by atoms with Gasteiger partial charge in [-0.15, -0.1) is 0 Å². The maximum absolute atomic E-state index is 14.4. The Hall–Kier alpha value is -2.88. The Bertz CT molecular complexity index is 960. The lowest BCUT2D eigenvalue weighted by molar-refractivity contribution is -0.142. The number of hydrogen-bond acceptors (Lipinski definition) is 3. The van der Waals surface area contributed by atoms with Gasteiger partial charge in [0.05, 0.1) is 11.8 Å². The molecule has 2 aliphatic carbocycles. The highest BCUT2D eigenvalue weighted by Gasteiger charge is 2.55. The van der Waals surface area contributed by atoms with Crippen molar-refractivity contribution in [3.8, 4) is 0 Å². The number of fused-ring (bicyclic) bond motifs is 2. The molecule has 1 amide bonds. The Balaban J connectivity index is 1.61. The summed E-state index contributed by atoms with van der Waals surface area (Å²) in [6, 6.07) is 19.7. The minimum atomic E-state index is -0.311. The van der Waals surface area contributed by atoms with Crippen LogP contribution in [0.15, 0.2) is 72.3 Å². The Kier molecular flexibility index (Phi) is 5.17. The van der Waals surface area contributed by atoms with Crippen molar-refractivity contribution in [2.24, 2.45) is 29.6 Å². The summed E-state index contributed by atoms with van der Waals surface area (Å²) in [5, 5.41) is 0. The van der Waals surface area contributed by atoms with Crippen LogP contribution in [0.4, 0.5) is 11.4 Å². The topological polar surface area (TPSA) is 46.6 Å². The first-order chi connectivity index (χ1) is 15.0. The molecule has 0 bridgehead atoms. The van der Waals surface area contributed by atoms with E-state index in [-0.39, 0.29) is 41.7 Å². The van der Waals surface area contributed by atoms with Gasteiger partial charge in [-0.2, -0.15) is 0 Å². The number of cyclic esters (lactones) is 1. The number of anilines is 2. The fourth-order valence-electron chi connectivity index (χ4n) is 5.93. The van der Waals surface area contributed by atoms with Gasteiger partial charge in [0.15, 0.2) is 0 Å². The summed E-state index contributed by atoms with van der Waals surface area (Å²) in [7, 11) is 0. The largest absolute Gasteiger partial charge is 0.462 e. The third-order valence-corrected chi connectivity index (χ3v) is 7.34. The summed E-state index contributed by atoms with van der Waals surface area (Å²) < 4.78 is 5.66. The van der Waals surface area contributed by atoms with Gasteiger partial charge in [-0.1, -0.05) is 55.0 Å². The summed E-state index contributed by atoms with van der Waals surface area (Å²) in [5.74, 6) is -0.0284. The number of benzene rings is 2.